The second-order valence-electron chi connectivity index (χ2n) is 2.21. The molecule has 1 heteroatoms. The minimum atomic E-state index is 0.910. The quantitative estimate of drug-likeness (QED) is 0.551. The molecule has 0 aliphatic heterocycles. The minimum absolute atomic E-state index is 0.910. The Balaban J connectivity index is 2.14. The lowest BCUT2D eigenvalue weighted by Crippen LogP contribution is -1.89. The fourth-order valence-corrected chi connectivity index (χ4v) is 2.04. The number of rotatable bonds is 2. The molecule has 0 unspecified atom stereocenters. The minimum Gasteiger partial charge on any atom is -0.131 e. The first kappa shape index (κ1) is 6.21. The summed E-state index contributed by atoms with van der Waals surface area (Å²) in [5.74, 6) is 0. The van der Waals surface area contributed by atoms with Crippen molar-refractivity contribution in [3.8, 4) is 0 Å². The van der Waals surface area contributed by atoms with Crippen LogP contribution in [0.5, 0.6) is 0 Å². The van der Waals surface area contributed by atoms with E-state index in [9.17, 15) is 0 Å². The molecule has 0 spiro atoms. The Morgan fingerprint density at radius 1 is 1.38 bits per heavy atom. The summed E-state index contributed by atoms with van der Waals surface area (Å²) in [4.78, 5) is 0. The summed E-state index contributed by atoms with van der Waals surface area (Å²) >= 11 is 1.90. The van der Waals surface area contributed by atoms with Gasteiger partial charge in [0, 0.05) is 5.25 Å². The Labute approximate surface area is 55.4 Å². The van der Waals surface area contributed by atoms with Crippen molar-refractivity contribution in [2.45, 2.75) is 30.9 Å². The van der Waals surface area contributed by atoms with Gasteiger partial charge in [0.15, 0.2) is 0 Å². The highest BCUT2D eigenvalue weighted by molar-refractivity contribution is 8.02. The summed E-state index contributed by atoms with van der Waals surface area (Å²) in [6.45, 7) is 3.69. The van der Waals surface area contributed by atoms with Crippen molar-refractivity contribution >= 4 is 11.8 Å². The van der Waals surface area contributed by atoms with Gasteiger partial charge in [-0.3, -0.25) is 0 Å². The van der Waals surface area contributed by atoms with Crippen LogP contribution in [0.3, 0.4) is 0 Å². The molecular formula is C7H12S. The fraction of sp³-hybridized carbons (Fsp3) is 0.714. The predicted octanol–water partition coefficient (Wildman–Crippen LogP) is 2.81. The van der Waals surface area contributed by atoms with Crippen LogP contribution >= 0.6 is 11.8 Å². The van der Waals surface area contributed by atoms with Crippen LogP contribution in [0.1, 0.15) is 25.7 Å². The van der Waals surface area contributed by atoms with Gasteiger partial charge >= 0.3 is 0 Å². The standard InChI is InChI=1S/C7H12S/c1-2-8-7-5-3-4-6-7/h2,7H,1,3-6H2. The molecule has 1 saturated carbocycles. The van der Waals surface area contributed by atoms with E-state index in [1.807, 2.05) is 17.2 Å². The average Bonchev–Trinajstić information content (AvgIpc) is 2.19. The molecule has 0 aromatic heterocycles. The molecule has 0 atom stereocenters. The van der Waals surface area contributed by atoms with Gasteiger partial charge in [-0.05, 0) is 18.2 Å². The number of hydrogen-bond donors (Lipinski definition) is 0. The highest BCUT2D eigenvalue weighted by atomic mass is 32.2. The lowest BCUT2D eigenvalue weighted by Gasteiger charge is -2.00. The van der Waals surface area contributed by atoms with Gasteiger partial charge in [0.2, 0.25) is 0 Å². The normalized spacial score (nSPS) is 21.5. The van der Waals surface area contributed by atoms with Crippen LogP contribution in [0.2, 0.25) is 0 Å². The molecule has 46 valence electrons. The van der Waals surface area contributed by atoms with E-state index in [1.165, 1.54) is 25.7 Å². The maximum Gasteiger partial charge on any atom is 0.00882 e. The highest BCUT2D eigenvalue weighted by Crippen LogP contribution is 2.29. The van der Waals surface area contributed by atoms with Gasteiger partial charge < -0.3 is 0 Å². The van der Waals surface area contributed by atoms with E-state index >= 15 is 0 Å². The molecule has 1 aliphatic rings. The van der Waals surface area contributed by atoms with E-state index in [2.05, 4.69) is 6.58 Å². The van der Waals surface area contributed by atoms with Crippen molar-refractivity contribution in [2.24, 2.45) is 0 Å². The highest BCUT2D eigenvalue weighted by Gasteiger charge is 2.12. The van der Waals surface area contributed by atoms with Crippen LogP contribution in [-0.2, 0) is 0 Å². The molecule has 0 saturated heterocycles. The lowest BCUT2D eigenvalue weighted by molar-refractivity contribution is 0.886. The van der Waals surface area contributed by atoms with E-state index in [4.69, 9.17) is 0 Å². The Hall–Kier alpha value is 0.0900. The summed E-state index contributed by atoms with van der Waals surface area (Å²) in [6.07, 6.45) is 5.70. The Kier molecular flexibility index (Phi) is 2.47. The first-order chi connectivity index (χ1) is 3.93. The zero-order chi connectivity index (χ0) is 5.82. The van der Waals surface area contributed by atoms with E-state index in [1.54, 1.807) is 0 Å². The maximum absolute atomic E-state index is 3.69. The van der Waals surface area contributed by atoms with Crippen LogP contribution in [0.4, 0.5) is 0 Å². The van der Waals surface area contributed by atoms with Crippen molar-refractivity contribution in [1.29, 1.82) is 0 Å². The van der Waals surface area contributed by atoms with Crippen LogP contribution in [0, 0.1) is 0 Å². The summed E-state index contributed by atoms with van der Waals surface area (Å²) in [6, 6.07) is 0. The lowest BCUT2D eigenvalue weighted by atomic mass is 10.4. The molecule has 0 heterocycles. The molecule has 1 fully saturated rings. The van der Waals surface area contributed by atoms with Crippen molar-refractivity contribution < 1.29 is 0 Å². The van der Waals surface area contributed by atoms with Gasteiger partial charge in [0.05, 0.1) is 0 Å². The average molecular weight is 128 g/mol. The SMILES string of the molecule is C=CSC1CCCC1. The van der Waals surface area contributed by atoms with Crippen molar-refractivity contribution in [3.63, 3.8) is 0 Å². The van der Waals surface area contributed by atoms with Crippen molar-refractivity contribution in [1.82, 2.24) is 0 Å². The summed E-state index contributed by atoms with van der Waals surface area (Å²) < 4.78 is 0. The summed E-state index contributed by atoms with van der Waals surface area (Å²) in [7, 11) is 0. The second kappa shape index (κ2) is 3.18. The molecule has 0 nitrogen and oxygen atoms in total. The molecule has 0 N–H and O–H groups in total. The summed E-state index contributed by atoms with van der Waals surface area (Å²) in [5.41, 5.74) is 0. The first-order valence-electron chi connectivity index (χ1n) is 3.20. The molecule has 0 aromatic carbocycles. The second-order valence-corrected chi connectivity index (χ2v) is 3.48. The molecule has 1 aliphatic carbocycles. The largest absolute Gasteiger partial charge is 0.131 e. The first-order valence-corrected chi connectivity index (χ1v) is 4.14. The number of hydrogen-bond acceptors (Lipinski definition) is 1. The Bertz CT molecular complexity index is 72.5. The third-order valence-corrected chi connectivity index (χ3v) is 2.64. The number of thioether (sulfide) groups is 1. The Morgan fingerprint density at radius 2 is 2.00 bits per heavy atom. The van der Waals surface area contributed by atoms with Gasteiger partial charge in [-0.15, -0.1) is 11.8 Å². The predicted molar refractivity (Wildman–Crippen MR) is 40.0 cm³/mol. The zero-order valence-electron chi connectivity index (χ0n) is 5.10. The molecule has 0 radical (unpaired) electrons. The zero-order valence-corrected chi connectivity index (χ0v) is 5.91. The molecule has 1 rings (SSSR count). The van der Waals surface area contributed by atoms with Crippen LogP contribution < -0.4 is 0 Å². The smallest absolute Gasteiger partial charge is 0.00882 e. The van der Waals surface area contributed by atoms with Crippen LogP contribution in [0.15, 0.2) is 12.0 Å². The van der Waals surface area contributed by atoms with Crippen molar-refractivity contribution in [3.05, 3.63) is 12.0 Å². The monoisotopic (exact) mass is 128 g/mol. The van der Waals surface area contributed by atoms with E-state index < -0.39 is 0 Å². The molecule has 0 bridgehead atoms. The van der Waals surface area contributed by atoms with Gasteiger partial charge in [0.1, 0.15) is 0 Å². The van der Waals surface area contributed by atoms with Gasteiger partial charge in [-0.25, -0.2) is 0 Å². The van der Waals surface area contributed by atoms with Crippen molar-refractivity contribution in [2.75, 3.05) is 0 Å². The topological polar surface area (TPSA) is 0 Å². The molecule has 0 amide bonds. The molecule has 8 heavy (non-hydrogen) atoms. The van der Waals surface area contributed by atoms with E-state index in [0.29, 0.717) is 0 Å². The van der Waals surface area contributed by atoms with Crippen LogP contribution in [0.25, 0.3) is 0 Å². The molecular weight excluding hydrogens is 116 g/mol. The van der Waals surface area contributed by atoms with Gasteiger partial charge in [0.25, 0.3) is 0 Å². The summed E-state index contributed by atoms with van der Waals surface area (Å²) in [5, 5.41) is 2.88. The third kappa shape index (κ3) is 1.55. The maximum atomic E-state index is 3.69. The Morgan fingerprint density at radius 3 is 2.50 bits per heavy atom. The van der Waals surface area contributed by atoms with Gasteiger partial charge in [-0.2, -0.15) is 0 Å². The third-order valence-electron chi connectivity index (χ3n) is 1.59. The molecule has 0 aromatic rings. The van der Waals surface area contributed by atoms with Gasteiger partial charge in [-0.1, -0.05) is 19.4 Å². The van der Waals surface area contributed by atoms with E-state index in [-0.39, 0.29) is 0 Å². The van der Waals surface area contributed by atoms with Crippen LogP contribution in [-0.4, -0.2) is 5.25 Å². The fourth-order valence-electron chi connectivity index (χ4n) is 1.16. The van der Waals surface area contributed by atoms with E-state index in [0.717, 1.165) is 5.25 Å².